The molecule has 0 unspecified atom stereocenters. The molecule has 1 aromatic carbocycles. The van der Waals surface area contributed by atoms with Gasteiger partial charge in [0.2, 0.25) is 0 Å². The highest BCUT2D eigenvalue weighted by atomic mass is 16.5. The number of carbonyl (C=O) groups is 2. The van der Waals surface area contributed by atoms with Crippen LogP contribution >= 0.6 is 0 Å². The van der Waals surface area contributed by atoms with Crippen molar-refractivity contribution in [2.45, 2.75) is 12.5 Å². The van der Waals surface area contributed by atoms with Gasteiger partial charge in [-0.05, 0) is 29.8 Å². The third-order valence-corrected chi connectivity index (χ3v) is 4.15. The second-order valence-electron chi connectivity index (χ2n) is 5.92. The summed E-state index contributed by atoms with van der Waals surface area (Å²) in [5.74, 6) is -0.634. The monoisotopic (exact) mass is 382 g/mol. The summed E-state index contributed by atoms with van der Waals surface area (Å²) in [6.45, 7) is 0. The van der Waals surface area contributed by atoms with Crippen LogP contribution in [0.25, 0.3) is 11.0 Å². The topological polar surface area (TPSA) is 108 Å². The summed E-state index contributed by atoms with van der Waals surface area (Å²) >= 11 is 0. The molecule has 0 fully saturated rings. The molecule has 1 N–H and O–H groups in total. The van der Waals surface area contributed by atoms with E-state index >= 15 is 0 Å². The second kappa shape index (κ2) is 8.34. The van der Waals surface area contributed by atoms with Crippen molar-refractivity contribution in [1.29, 1.82) is 0 Å². The summed E-state index contributed by atoms with van der Waals surface area (Å²) in [4.78, 5) is 40.5. The van der Waals surface area contributed by atoms with E-state index in [9.17, 15) is 14.4 Å². The minimum absolute atomic E-state index is 0.0413. The first kappa shape index (κ1) is 19.1. The Kier molecular flexibility index (Phi) is 5.69. The highest BCUT2D eigenvalue weighted by Gasteiger charge is 2.24. The van der Waals surface area contributed by atoms with Crippen LogP contribution in [0.3, 0.4) is 0 Å². The number of pyridine rings is 1. The van der Waals surface area contributed by atoms with Gasteiger partial charge < -0.3 is 19.2 Å². The van der Waals surface area contributed by atoms with Gasteiger partial charge in [-0.3, -0.25) is 9.78 Å². The molecular formula is C20H18N2O6. The van der Waals surface area contributed by atoms with Crippen LogP contribution in [-0.2, 0) is 16.0 Å². The number of methoxy groups -OCH3 is 2. The smallest absolute Gasteiger partial charge is 0.336 e. The molecule has 144 valence electrons. The van der Waals surface area contributed by atoms with E-state index in [1.165, 1.54) is 32.5 Å². The van der Waals surface area contributed by atoms with E-state index in [4.69, 9.17) is 13.9 Å². The molecule has 0 aliphatic carbocycles. The van der Waals surface area contributed by atoms with Gasteiger partial charge in [0.05, 0.1) is 14.2 Å². The number of hydrogen-bond donors (Lipinski definition) is 1. The molecule has 8 nitrogen and oxygen atoms in total. The van der Waals surface area contributed by atoms with Crippen molar-refractivity contribution in [1.82, 2.24) is 10.3 Å². The summed E-state index contributed by atoms with van der Waals surface area (Å²) in [6, 6.07) is 10.2. The molecule has 0 radical (unpaired) electrons. The lowest BCUT2D eigenvalue weighted by molar-refractivity contribution is -0.142. The Morgan fingerprint density at radius 2 is 2.00 bits per heavy atom. The van der Waals surface area contributed by atoms with Crippen molar-refractivity contribution in [3.63, 3.8) is 0 Å². The van der Waals surface area contributed by atoms with Crippen LogP contribution in [0.5, 0.6) is 5.75 Å². The number of carbonyl (C=O) groups excluding carboxylic acids is 2. The lowest BCUT2D eigenvalue weighted by atomic mass is 10.0. The van der Waals surface area contributed by atoms with Crippen LogP contribution in [0.4, 0.5) is 0 Å². The van der Waals surface area contributed by atoms with Crippen LogP contribution in [-0.4, -0.2) is 37.1 Å². The molecule has 2 heterocycles. The molecule has 0 aliphatic rings. The number of esters is 1. The minimum Gasteiger partial charge on any atom is -0.497 e. The molecule has 8 heteroatoms. The standard InChI is InChI=1S/C20H18N2O6/c1-26-13-6-7-14-12(10-18(23)28-17(14)11-13)9-16(20(25)27-2)22-19(24)15-5-3-4-8-21-15/h3-8,10-11,16H,9H2,1-2H3,(H,22,24)/t16-/m0/s1. The van der Waals surface area contributed by atoms with Gasteiger partial charge in [-0.1, -0.05) is 6.07 Å². The average Bonchev–Trinajstić information content (AvgIpc) is 2.72. The zero-order valence-electron chi connectivity index (χ0n) is 15.3. The number of nitrogens with one attached hydrogen (secondary N) is 1. The Balaban J connectivity index is 1.94. The van der Waals surface area contributed by atoms with Crippen LogP contribution in [0.1, 0.15) is 16.1 Å². The molecule has 1 amide bonds. The van der Waals surface area contributed by atoms with Crippen molar-refractivity contribution in [2.75, 3.05) is 14.2 Å². The predicted octanol–water partition coefficient (Wildman–Crippen LogP) is 1.71. The van der Waals surface area contributed by atoms with Gasteiger partial charge >= 0.3 is 11.6 Å². The lowest BCUT2D eigenvalue weighted by Crippen LogP contribution is -2.43. The van der Waals surface area contributed by atoms with Gasteiger partial charge in [0, 0.05) is 30.1 Å². The molecule has 3 aromatic rings. The summed E-state index contributed by atoms with van der Waals surface area (Å²) in [5.41, 5.74) is 0.445. The van der Waals surface area contributed by atoms with Crippen LogP contribution in [0.15, 0.2) is 57.9 Å². The molecular weight excluding hydrogens is 364 g/mol. The van der Waals surface area contributed by atoms with E-state index in [-0.39, 0.29) is 12.1 Å². The number of amides is 1. The molecule has 28 heavy (non-hydrogen) atoms. The quantitative estimate of drug-likeness (QED) is 0.511. The van der Waals surface area contributed by atoms with E-state index in [1.807, 2.05) is 0 Å². The Labute approximate surface area is 160 Å². The first-order valence-electron chi connectivity index (χ1n) is 8.42. The van der Waals surface area contributed by atoms with Crippen LogP contribution in [0, 0.1) is 0 Å². The van der Waals surface area contributed by atoms with E-state index in [2.05, 4.69) is 10.3 Å². The number of fused-ring (bicyclic) bond motifs is 1. The maximum atomic E-state index is 12.4. The zero-order chi connectivity index (χ0) is 20.1. The van der Waals surface area contributed by atoms with Gasteiger partial charge in [0.1, 0.15) is 23.1 Å². The number of benzene rings is 1. The number of hydrogen-bond acceptors (Lipinski definition) is 7. The SMILES string of the molecule is COC(=O)[C@H](Cc1cc(=O)oc2cc(OC)ccc12)NC(=O)c1ccccn1. The number of aromatic nitrogens is 1. The lowest BCUT2D eigenvalue weighted by Gasteiger charge is -2.17. The summed E-state index contributed by atoms with van der Waals surface area (Å²) in [6.07, 6.45) is 1.52. The van der Waals surface area contributed by atoms with E-state index < -0.39 is 23.5 Å². The van der Waals surface area contributed by atoms with Gasteiger partial charge in [-0.2, -0.15) is 0 Å². The normalized spacial score (nSPS) is 11.6. The average molecular weight is 382 g/mol. The molecule has 3 rings (SSSR count). The van der Waals surface area contributed by atoms with Crippen molar-refractivity contribution in [3.8, 4) is 5.75 Å². The maximum Gasteiger partial charge on any atom is 0.336 e. The molecule has 2 aromatic heterocycles. The predicted molar refractivity (Wildman–Crippen MR) is 100 cm³/mol. The highest BCUT2D eigenvalue weighted by molar-refractivity contribution is 5.95. The van der Waals surface area contributed by atoms with Crippen molar-refractivity contribution >= 4 is 22.8 Å². The fraction of sp³-hybridized carbons (Fsp3) is 0.200. The maximum absolute atomic E-state index is 12.4. The molecule has 0 saturated carbocycles. The second-order valence-corrected chi connectivity index (χ2v) is 5.92. The Bertz CT molecular complexity index is 1060. The Hall–Kier alpha value is -3.68. The van der Waals surface area contributed by atoms with E-state index in [0.717, 1.165) is 0 Å². The molecule has 0 aliphatic heterocycles. The van der Waals surface area contributed by atoms with Crippen molar-refractivity contribution in [2.24, 2.45) is 0 Å². The molecule has 0 bridgehead atoms. The fourth-order valence-electron chi connectivity index (χ4n) is 2.79. The van der Waals surface area contributed by atoms with Crippen LogP contribution in [0.2, 0.25) is 0 Å². The number of nitrogens with zero attached hydrogens (tertiary/aromatic N) is 1. The highest BCUT2D eigenvalue weighted by Crippen LogP contribution is 2.23. The van der Waals surface area contributed by atoms with Gasteiger partial charge in [-0.25, -0.2) is 9.59 Å². The van der Waals surface area contributed by atoms with E-state index in [1.54, 1.807) is 30.3 Å². The Morgan fingerprint density at radius 3 is 2.68 bits per heavy atom. The first-order chi connectivity index (χ1) is 13.5. The molecule has 1 atom stereocenters. The van der Waals surface area contributed by atoms with Gasteiger partial charge in [0.25, 0.3) is 5.91 Å². The van der Waals surface area contributed by atoms with Gasteiger partial charge in [0.15, 0.2) is 0 Å². The molecule has 0 saturated heterocycles. The number of ether oxygens (including phenoxy) is 2. The zero-order valence-corrected chi connectivity index (χ0v) is 15.3. The summed E-state index contributed by atoms with van der Waals surface area (Å²) in [7, 11) is 2.73. The third-order valence-electron chi connectivity index (χ3n) is 4.15. The first-order valence-corrected chi connectivity index (χ1v) is 8.42. The van der Waals surface area contributed by atoms with E-state index in [0.29, 0.717) is 22.3 Å². The summed E-state index contributed by atoms with van der Waals surface area (Å²) < 4.78 is 15.2. The fourth-order valence-corrected chi connectivity index (χ4v) is 2.79. The third kappa shape index (κ3) is 4.17. The van der Waals surface area contributed by atoms with Crippen LogP contribution < -0.4 is 15.7 Å². The minimum atomic E-state index is -1.01. The van der Waals surface area contributed by atoms with Gasteiger partial charge in [-0.15, -0.1) is 0 Å². The largest absolute Gasteiger partial charge is 0.497 e. The van der Waals surface area contributed by atoms with Crippen molar-refractivity contribution in [3.05, 3.63) is 70.3 Å². The molecule has 0 spiro atoms. The number of rotatable bonds is 6. The Morgan fingerprint density at radius 1 is 1.18 bits per heavy atom. The van der Waals surface area contributed by atoms with Crippen molar-refractivity contribution < 1.29 is 23.5 Å². The summed E-state index contributed by atoms with van der Waals surface area (Å²) in [5, 5.41) is 3.23.